The summed E-state index contributed by atoms with van der Waals surface area (Å²) in [5.41, 5.74) is 9.73. The lowest BCUT2D eigenvalue weighted by atomic mass is 9.89. The average Bonchev–Trinajstić information content (AvgIpc) is 2.96. The predicted molar refractivity (Wildman–Crippen MR) is 175 cm³/mol. The van der Waals surface area contributed by atoms with Crippen molar-refractivity contribution < 1.29 is 19.4 Å². The number of carboxylic acids is 1. The van der Waals surface area contributed by atoms with Crippen LogP contribution in [0.3, 0.4) is 0 Å². The molecule has 0 radical (unpaired) electrons. The van der Waals surface area contributed by atoms with Gasteiger partial charge in [-0.25, -0.2) is 4.79 Å². The number of aliphatic carboxylic acids is 1. The van der Waals surface area contributed by atoms with Crippen LogP contribution in [0.25, 0.3) is 0 Å². The first-order valence-electron chi connectivity index (χ1n) is 13.5. The summed E-state index contributed by atoms with van der Waals surface area (Å²) in [6.07, 6.45) is 2.00. The zero-order valence-electron chi connectivity index (χ0n) is 23.9. The van der Waals surface area contributed by atoms with Gasteiger partial charge >= 0.3 is 5.97 Å². The lowest BCUT2D eigenvalue weighted by molar-refractivity contribution is -0.139. The summed E-state index contributed by atoms with van der Waals surface area (Å²) in [7, 11) is 0. The third kappa shape index (κ3) is 10.2. The predicted octanol–water partition coefficient (Wildman–Crippen LogP) is 5.10. The highest BCUT2D eigenvalue weighted by molar-refractivity contribution is 5.97. The molecule has 0 spiro atoms. The highest BCUT2D eigenvalue weighted by Crippen LogP contribution is 2.29. The van der Waals surface area contributed by atoms with Gasteiger partial charge in [-0.05, 0) is 73.2 Å². The maximum absolute atomic E-state index is 13.2. The molecule has 1 amide bonds. The molecule has 4 rings (SSSR count). The number of nitrogens with two attached hydrogens (primary N) is 1. The van der Waals surface area contributed by atoms with Gasteiger partial charge in [0.15, 0.2) is 6.61 Å². The van der Waals surface area contributed by atoms with Crippen molar-refractivity contribution in [2.75, 3.05) is 36.5 Å². The van der Waals surface area contributed by atoms with Crippen LogP contribution in [-0.2, 0) is 16.1 Å². The van der Waals surface area contributed by atoms with Crippen molar-refractivity contribution in [2.24, 2.45) is 5.73 Å². The number of likely N-dealkylation sites (tertiary alicyclic amines) is 1. The number of hydrogen-bond acceptors (Lipinski definition) is 6. The van der Waals surface area contributed by atoms with E-state index in [2.05, 4.69) is 22.3 Å². The van der Waals surface area contributed by atoms with Crippen LogP contribution >= 0.6 is 24.8 Å². The van der Waals surface area contributed by atoms with Gasteiger partial charge in [-0.3, -0.25) is 15.6 Å². The molecule has 6 N–H and O–H groups in total. The van der Waals surface area contributed by atoms with Crippen molar-refractivity contribution in [2.45, 2.75) is 32.2 Å². The molecule has 12 heteroatoms. The van der Waals surface area contributed by atoms with E-state index in [0.717, 1.165) is 31.5 Å². The Balaban J connectivity index is 0.00000323. The van der Waals surface area contributed by atoms with E-state index in [1.54, 1.807) is 36.4 Å². The van der Waals surface area contributed by atoms with Gasteiger partial charge in [-0.15, -0.1) is 24.8 Å². The molecule has 43 heavy (non-hydrogen) atoms. The quantitative estimate of drug-likeness (QED) is 0.146. The molecule has 3 aromatic carbocycles. The summed E-state index contributed by atoms with van der Waals surface area (Å²) >= 11 is 0. The van der Waals surface area contributed by atoms with Crippen LogP contribution in [0.2, 0.25) is 0 Å². The molecule has 3 aromatic rings. The molecule has 1 heterocycles. The first-order valence-corrected chi connectivity index (χ1v) is 13.5. The van der Waals surface area contributed by atoms with Crippen LogP contribution in [0.5, 0.6) is 5.75 Å². The number of hydrogen-bond donors (Lipinski definition) is 5. The van der Waals surface area contributed by atoms with Crippen LogP contribution in [-0.4, -0.2) is 59.8 Å². The van der Waals surface area contributed by atoms with E-state index >= 15 is 0 Å². The van der Waals surface area contributed by atoms with Gasteiger partial charge in [-0.2, -0.15) is 0 Å². The zero-order chi connectivity index (χ0) is 29.4. The van der Waals surface area contributed by atoms with E-state index in [1.165, 1.54) is 5.56 Å². The molecule has 0 aromatic heterocycles. The first kappa shape index (κ1) is 34.9. The van der Waals surface area contributed by atoms with E-state index in [0.29, 0.717) is 41.0 Å². The second-order valence-electron chi connectivity index (χ2n) is 10.2. The second kappa shape index (κ2) is 16.4. The fraction of sp³-hybridized carbons (Fsp3) is 0.290. The van der Waals surface area contributed by atoms with Crippen LogP contribution in [0.15, 0.2) is 72.8 Å². The maximum Gasteiger partial charge on any atom is 0.341 e. The smallest absolute Gasteiger partial charge is 0.341 e. The van der Waals surface area contributed by atoms with Crippen LogP contribution < -0.4 is 20.7 Å². The summed E-state index contributed by atoms with van der Waals surface area (Å²) in [6, 6.07) is 22.2. The molecule has 1 saturated heterocycles. The van der Waals surface area contributed by atoms with Crippen molar-refractivity contribution in [3.63, 3.8) is 0 Å². The van der Waals surface area contributed by atoms with Gasteiger partial charge in [0.05, 0.1) is 12.4 Å². The molecule has 0 unspecified atom stereocenters. The number of nitrogen functional groups attached to an aromatic ring is 1. The van der Waals surface area contributed by atoms with E-state index in [-0.39, 0.29) is 43.1 Å². The number of amidine groups is 2. The van der Waals surface area contributed by atoms with Gasteiger partial charge in [0.2, 0.25) is 5.91 Å². The Hall–Kier alpha value is -4.28. The number of carbonyl (C=O) groups excluding carboxylic acids is 1. The number of amides is 1. The molecule has 230 valence electrons. The summed E-state index contributed by atoms with van der Waals surface area (Å²) in [5, 5.41) is 27.6. The molecule has 0 aliphatic carbocycles. The second-order valence-corrected chi connectivity index (χ2v) is 10.2. The third-order valence-electron chi connectivity index (χ3n) is 7.13. The van der Waals surface area contributed by atoms with Gasteiger partial charge in [0.25, 0.3) is 0 Å². The van der Waals surface area contributed by atoms with Crippen molar-refractivity contribution in [3.05, 3.63) is 89.5 Å². The van der Waals surface area contributed by atoms with Crippen molar-refractivity contribution in [1.82, 2.24) is 4.90 Å². The van der Waals surface area contributed by atoms with E-state index in [1.807, 2.05) is 36.1 Å². The summed E-state index contributed by atoms with van der Waals surface area (Å²) in [4.78, 5) is 28.1. The van der Waals surface area contributed by atoms with Crippen molar-refractivity contribution in [1.29, 1.82) is 10.8 Å². The fourth-order valence-electron chi connectivity index (χ4n) is 4.97. The molecule has 1 aliphatic rings. The normalized spacial score (nSPS) is 12.7. The number of benzene rings is 3. The SMILES string of the molecule is CC(=N)N1CCC(c2ccc(NC(=O)CN(Cc3cccc(OCC(=O)O)c3)c3cccc(C(=N)N)c3)cc2)CC1.Cl.Cl. The Labute approximate surface area is 264 Å². The van der Waals surface area contributed by atoms with E-state index in [9.17, 15) is 9.59 Å². The minimum absolute atomic E-state index is 0. The molecule has 10 nitrogen and oxygen atoms in total. The summed E-state index contributed by atoms with van der Waals surface area (Å²) < 4.78 is 5.32. The Morgan fingerprint density at radius 3 is 2.33 bits per heavy atom. The standard InChI is InChI=1S/C31H36N6O4.2ClH/c1-21(32)36-14-12-24(13-15-36)23-8-10-26(11-9-23)35-29(38)19-37(27-6-3-5-25(17-27)31(33)34)18-22-4-2-7-28(16-22)41-20-30(39)40;;/h2-11,16-17,24,32H,12-15,18-20H2,1H3,(H3,33,34)(H,35,38)(H,39,40);2*1H. The maximum atomic E-state index is 13.2. The Morgan fingerprint density at radius 1 is 1.02 bits per heavy atom. The Morgan fingerprint density at radius 2 is 1.70 bits per heavy atom. The molecule has 1 aliphatic heterocycles. The van der Waals surface area contributed by atoms with Crippen molar-refractivity contribution in [3.8, 4) is 5.75 Å². The van der Waals surface area contributed by atoms with Crippen molar-refractivity contribution >= 4 is 59.7 Å². The number of halogens is 2. The van der Waals surface area contributed by atoms with Gasteiger partial charge in [0.1, 0.15) is 11.6 Å². The lowest BCUT2D eigenvalue weighted by Crippen LogP contribution is -2.36. The minimum Gasteiger partial charge on any atom is -0.482 e. The number of piperidine rings is 1. The van der Waals surface area contributed by atoms with Gasteiger partial charge < -0.3 is 30.7 Å². The van der Waals surface area contributed by atoms with Crippen LogP contribution in [0.4, 0.5) is 11.4 Å². The first-order chi connectivity index (χ1) is 19.7. The summed E-state index contributed by atoms with van der Waals surface area (Å²) in [5.74, 6) is 0.132. The third-order valence-corrected chi connectivity index (χ3v) is 7.13. The molecule has 0 saturated carbocycles. The molecular formula is C31H38Cl2N6O4. The number of nitrogens with one attached hydrogen (secondary N) is 3. The number of rotatable bonds is 11. The Kier molecular flexibility index (Phi) is 13.3. The number of carbonyl (C=O) groups is 2. The van der Waals surface area contributed by atoms with Crippen LogP contribution in [0.1, 0.15) is 42.4 Å². The van der Waals surface area contributed by atoms with E-state index in [4.69, 9.17) is 26.4 Å². The van der Waals surface area contributed by atoms with E-state index < -0.39 is 12.6 Å². The topological polar surface area (TPSA) is 156 Å². The number of anilines is 2. The number of nitrogens with zero attached hydrogens (tertiary/aromatic N) is 2. The molecular weight excluding hydrogens is 591 g/mol. The monoisotopic (exact) mass is 628 g/mol. The highest BCUT2D eigenvalue weighted by atomic mass is 35.5. The van der Waals surface area contributed by atoms with Gasteiger partial charge in [-0.1, -0.05) is 36.4 Å². The van der Waals surface area contributed by atoms with Crippen LogP contribution in [0, 0.1) is 10.8 Å². The lowest BCUT2D eigenvalue weighted by Gasteiger charge is -2.33. The largest absolute Gasteiger partial charge is 0.482 e. The minimum atomic E-state index is -1.06. The fourth-order valence-corrected chi connectivity index (χ4v) is 4.97. The molecule has 1 fully saturated rings. The zero-order valence-corrected chi connectivity index (χ0v) is 25.5. The number of ether oxygens (including phenoxy) is 1. The van der Waals surface area contributed by atoms with Gasteiger partial charge in [0, 0.05) is 36.6 Å². The molecule has 0 bridgehead atoms. The Bertz CT molecular complexity index is 1410. The average molecular weight is 630 g/mol. The summed E-state index contributed by atoms with van der Waals surface area (Å²) in [6.45, 7) is 3.52. The highest BCUT2D eigenvalue weighted by Gasteiger charge is 2.21. The number of carboxylic acid groups (broad SMARTS) is 1. The molecule has 0 atom stereocenters.